The van der Waals surface area contributed by atoms with Gasteiger partial charge in [-0.25, -0.2) is 0 Å². The molecule has 0 radical (unpaired) electrons. The minimum absolute atomic E-state index is 0.00287. The first-order chi connectivity index (χ1) is 21.4. The fourth-order valence-electron chi connectivity index (χ4n) is 3.56. The third-order valence-electron chi connectivity index (χ3n) is 5.76. The average Bonchev–Trinajstić information content (AvgIpc) is 3.69. The van der Waals surface area contributed by atoms with Gasteiger partial charge < -0.3 is 25.7 Å². The van der Waals surface area contributed by atoms with E-state index in [1.807, 2.05) is 56.8 Å². The number of ketones is 1. The molecule has 0 aliphatic carbocycles. The van der Waals surface area contributed by atoms with Crippen LogP contribution >= 0.6 is 11.8 Å². The number of nitrogens with one attached hydrogen (secondary N) is 4. The molecule has 45 heavy (non-hydrogen) atoms. The normalized spacial score (nSPS) is 14.1. The van der Waals surface area contributed by atoms with Gasteiger partial charge in [0.15, 0.2) is 0 Å². The second kappa shape index (κ2) is 25.6. The number of aromatic nitrogens is 1. The van der Waals surface area contributed by atoms with E-state index in [9.17, 15) is 32.3 Å². The Morgan fingerprint density at radius 1 is 1.16 bits per heavy atom. The Bertz CT molecular complexity index is 1160. The van der Waals surface area contributed by atoms with E-state index in [2.05, 4.69) is 46.0 Å². The molecule has 0 spiro atoms. The van der Waals surface area contributed by atoms with E-state index in [-0.39, 0.29) is 24.8 Å². The van der Waals surface area contributed by atoms with Crippen molar-refractivity contribution in [2.75, 3.05) is 25.9 Å². The molecule has 1 aromatic rings. The highest BCUT2D eigenvalue weighted by Crippen LogP contribution is 2.20. The van der Waals surface area contributed by atoms with Gasteiger partial charge in [-0.2, -0.15) is 13.2 Å². The van der Waals surface area contributed by atoms with Crippen LogP contribution in [-0.2, 0) is 25.6 Å². The first kappa shape index (κ1) is 43.4. The molecule has 4 N–H and O–H groups in total. The number of Topliss-reactive ketones (excluding diaryl/α,β-unsaturated/α-hetero) is 1. The number of carbonyl (C=O) groups is 4. The number of aldehydes is 1. The highest BCUT2D eigenvalue weighted by Gasteiger charge is 2.42. The van der Waals surface area contributed by atoms with Crippen molar-refractivity contribution in [3.8, 4) is 0 Å². The van der Waals surface area contributed by atoms with E-state index >= 15 is 0 Å². The van der Waals surface area contributed by atoms with Crippen LogP contribution in [-0.4, -0.2) is 78.1 Å². The molecule has 2 atom stereocenters. The number of aliphatic imine (C=N–C) groups is 1. The predicted molar refractivity (Wildman–Crippen MR) is 179 cm³/mol. The number of aromatic amines is 1. The van der Waals surface area contributed by atoms with Gasteiger partial charge >= 0.3 is 6.18 Å². The van der Waals surface area contributed by atoms with Crippen molar-refractivity contribution in [2.24, 2.45) is 4.99 Å². The van der Waals surface area contributed by atoms with Gasteiger partial charge in [0.05, 0.1) is 17.6 Å². The van der Waals surface area contributed by atoms with Crippen molar-refractivity contribution in [3.63, 3.8) is 0 Å². The number of halogens is 3. The third-order valence-corrected chi connectivity index (χ3v) is 6.69. The topological polar surface area (TPSA) is 133 Å². The number of hydrogen-bond acceptors (Lipinski definition) is 7. The molecule has 2 heterocycles. The van der Waals surface area contributed by atoms with Crippen molar-refractivity contribution < 1.29 is 32.3 Å². The molecule has 2 rings (SSSR count). The Morgan fingerprint density at radius 2 is 1.82 bits per heavy atom. The van der Waals surface area contributed by atoms with Gasteiger partial charge in [-0.3, -0.25) is 19.4 Å². The number of amides is 2. The van der Waals surface area contributed by atoms with Crippen molar-refractivity contribution in [3.05, 3.63) is 66.6 Å². The molecule has 1 aromatic heterocycles. The Morgan fingerprint density at radius 3 is 2.24 bits per heavy atom. The van der Waals surface area contributed by atoms with Gasteiger partial charge in [0.1, 0.15) is 12.3 Å². The van der Waals surface area contributed by atoms with Crippen LogP contribution in [0.15, 0.2) is 60.3 Å². The first-order valence-corrected chi connectivity index (χ1v) is 15.4. The van der Waals surface area contributed by atoms with E-state index in [1.165, 1.54) is 17.8 Å². The summed E-state index contributed by atoms with van der Waals surface area (Å²) in [7, 11) is 1.34. The molecule has 1 aliphatic heterocycles. The smallest absolute Gasteiger partial charge is 0.361 e. The number of likely N-dealkylation sites (N-methyl/N-ethyl adjacent to an activating group) is 1. The second-order valence-corrected chi connectivity index (χ2v) is 10.4. The molecule has 252 valence electrons. The Hall–Kier alpha value is -3.71. The molecule has 0 bridgehead atoms. The zero-order valence-corrected chi connectivity index (χ0v) is 27.9. The number of H-pyrrole nitrogens is 1. The van der Waals surface area contributed by atoms with Crippen molar-refractivity contribution in [1.29, 1.82) is 0 Å². The lowest BCUT2D eigenvalue weighted by atomic mass is 10.0. The lowest BCUT2D eigenvalue weighted by molar-refractivity contribution is -0.173. The van der Waals surface area contributed by atoms with Gasteiger partial charge in [0.25, 0.3) is 5.78 Å². The summed E-state index contributed by atoms with van der Waals surface area (Å²) in [6.45, 7) is 16.4. The molecular formula is C32H48F3N5O4S. The van der Waals surface area contributed by atoms with Crippen LogP contribution in [0.25, 0.3) is 6.08 Å². The molecule has 2 amide bonds. The van der Waals surface area contributed by atoms with Gasteiger partial charge in [0.2, 0.25) is 11.8 Å². The van der Waals surface area contributed by atoms with Crippen LogP contribution in [0.2, 0.25) is 0 Å². The summed E-state index contributed by atoms with van der Waals surface area (Å²) in [6.07, 6.45) is 7.37. The quantitative estimate of drug-likeness (QED) is 0.128. The molecular weight excluding hydrogens is 607 g/mol. The molecule has 0 saturated carbocycles. The van der Waals surface area contributed by atoms with Crippen molar-refractivity contribution in [1.82, 2.24) is 20.9 Å². The van der Waals surface area contributed by atoms with Crippen molar-refractivity contribution >= 4 is 46.8 Å². The van der Waals surface area contributed by atoms with Crippen LogP contribution in [0, 0.1) is 0 Å². The summed E-state index contributed by atoms with van der Waals surface area (Å²) in [6, 6.07) is -0.192. The number of allylic oxidation sites excluding steroid dienone is 4. The fraction of sp³-hybridized carbons (Fsp3) is 0.469. The number of hydrogen-bond donors (Lipinski definition) is 4. The number of carbonyl (C=O) groups excluding carboxylic acids is 4. The van der Waals surface area contributed by atoms with Gasteiger partial charge in [0, 0.05) is 37.0 Å². The van der Waals surface area contributed by atoms with Crippen LogP contribution in [0.3, 0.4) is 0 Å². The number of rotatable bonds is 13. The van der Waals surface area contributed by atoms with Gasteiger partial charge in [-0.15, -0.1) is 24.9 Å². The zero-order valence-electron chi connectivity index (χ0n) is 27.1. The monoisotopic (exact) mass is 655 g/mol. The van der Waals surface area contributed by atoms with Gasteiger partial charge in [-0.1, -0.05) is 36.8 Å². The summed E-state index contributed by atoms with van der Waals surface area (Å²) in [5.41, 5.74) is 2.40. The third kappa shape index (κ3) is 20.0. The number of alkyl halides is 3. The summed E-state index contributed by atoms with van der Waals surface area (Å²) >= 11 is 1.85. The number of nitrogens with zero attached hydrogens (tertiary/aromatic N) is 1. The lowest BCUT2D eigenvalue weighted by Crippen LogP contribution is -2.47. The molecule has 0 fully saturated rings. The average molecular weight is 656 g/mol. The van der Waals surface area contributed by atoms with Crippen LogP contribution in [0.4, 0.5) is 13.2 Å². The predicted octanol–water partition coefficient (Wildman–Crippen LogP) is 5.37. The Balaban J connectivity index is 0. The second-order valence-electron chi connectivity index (χ2n) is 9.07. The SMILES string of the molecule is C/C=C\C(=C/C)CC(NC(=O)CC)C(=O)NCC=O.C/C=C\c1cc(CC(NC)C(=O)C(F)(F)F)c[nH]1.C=C.CC1=NCCS1. The molecule has 13 heteroatoms. The first-order valence-electron chi connectivity index (χ1n) is 14.4. The summed E-state index contributed by atoms with van der Waals surface area (Å²) in [4.78, 5) is 51.7. The highest BCUT2D eigenvalue weighted by molar-refractivity contribution is 8.14. The van der Waals surface area contributed by atoms with E-state index in [4.69, 9.17) is 0 Å². The van der Waals surface area contributed by atoms with E-state index < -0.39 is 24.0 Å². The fourth-order valence-corrected chi connectivity index (χ4v) is 4.22. The number of thioether (sulfide) groups is 1. The minimum atomic E-state index is -4.81. The molecule has 2 unspecified atom stereocenters. The van der Waals surface area contributed by atoms with E-state index in [0.717, 1.165) is 17.8 Å². The molecule has 0 saturated heterocycles. The van der Waals surface area contributed by atoms with Crippen molar-refractivity contribution in [2.45, 2.75) is 72.1 Å². The molecule has 0 aromatic carbocycles. The Labute approximate surface area is 269 Å². The summed E-state index contributed by atoms with van der Waals surface area (Å²) in [5, 5.41) is 8.76. The maximum absolute atomic E-state index is 12.3. The minimum Gasteiger partial charge on any atom is -0.361 e. The standard InChI is InChI=1S/C14H22N2O3.C12H15F3N2O.C4H7NS.C2H4/c1-4-7-11(5-2)10-12(16-13(18)6-3)14(19)15-8-9-17;1-3-4-9-5-8(7-17-9)6-10(16-2)11(18)12(13,14)15;1-4-5-2-3-6-4;1-2/h4-5,7,9,12H,6,8,10H2,1-3H3,(H,15,19)(H,16,18);3-5,7,10,16-17H,6H2,1-2H3;2-3H2,1H3;1-2H2/b7-4-,11-5+;4-3-;;. The van der Waals surface area contributed by atoms with Crippen LogP contribution in [0.1, 0.15) is 58.7 Å². The summed E-state index contributed by atoms with van der Waals surface area (Å²) < 4.78 is 36.9. The van der Waals surface area contributed by atoms with E-state index in [0.29, 0.717) is 24.7 Å². The maximum Gasteiger partial charge on any atom is 0.451 e. The van der Waals surface area contributed by atoms with Crippen LogP contribution in [0.5, 0.6) is 0 Å². The maximum atomic E-state index is 12.3. The summed E-state index contributed by atoms with van der Waals surface area (Å²) in [5.74, 6) is -1.09. The Kier molecular flexibility index (Phi) is 24.7. The zero-order chi connectivity index (χ0) is 34.8. The van der Waals surface area contributed by atoms with Gasteiger partial charge in [-0.05, 0) is 58.9 Å². The molecule has 9 nitrogen and oxygen atoms in total. The van der Waals surface area contributed by atoms with E-state index in [1.54, 1.807) is 25.3 Å². The lowest BCUT2D eigenvalue weighted by Gasteiger charge is -2.18. The highest BCUT2D eigenvalue weighted by atomic mass is 32.2. The largest absolute Gasteiger partial charge is 0.451 e. The molecule has 1 aliphatic rings. The van der Waals surface area contributed by atoms with Crippen LogP contribution < -0.4 is 16.0 Å².